The van der Waals surface area contributed by atoms with Crippen molar-refractivity contribution in [3.63, 3.8) is 0 Å². The Hall–Kier alpha value is -2.60. The molecule has 2 bridgehead atoms. The largest absolute Gasteiger partial charge is 0.350 e. The second-order valence-electron chi connectivity index (χ2n) is 8.00. The van der Waals surface area contributed by atoms with E-state index in [-0.39, 0.29) is 24.4 Å². The van der Waals surface area contributed by atoms with E-state index in [2.05, 4.69) is 10.6 Å². The maximum atomic E-state index is 14.3. The molecule has 4 rings (SSSR count). The Morgan fingerprint density at radius 1 is 1.41 bits per heavy atom. The molecule has 2 heterocycles. The Morgan fingerprint density at radius 2 is 2.17 bits per heavy atom. The topological polar surface area (TPSA) is 85.2 Å². The average Bonchev–Trinajstić information content (AvgIpc) is 3.21. The van der Waals surface area contributed by atoms with Gasteiger partial charge in [0.1, 0.15) is 12.7 Å². The summed E-state index contributed by atoms with van der Waals surface area (Å²) in [6.07, 6.45) is -0.856. The molecular weight excluding hydrogens is 385 g/mol. The number of nitrogens with zero attached hydrogens (tertiary/aromatic N) is 2. The van der Waals surface area contributed by atoms with Crippen molar-refractivity contribution in [1.29, 1.82) is 5.26 Å². The third kappa shape index (κ3) is 3.25. The number of piperidine rings is 1. The third-order valence-corrected chi connectivity index (χ3v) is 6.21. The molecule has 1 aromatic carbocycles. The summed E-state index contributed by atoms with van der Waals surface area (Å²) >= 11 is 0. The Balaban J connectivity index is 1.41. The lowest BCUT2D eigenvalue weighted by atomic mass is 9.90. The highest BCUT2D eigenvalue weighted by Gasteiger charge is 2.51. The molecule has 0 saturated carbocycles. The van der Waals surface area contributed by atoms with E-state index >= 15 is 0 Å². The van der Waals surface area contributed by atoms with Gasteiger partial charge in [0.25, 0.3) is 0 Å². The third-order valence-electron chi connectivity index (χ3n) is 6.21. The van der Waals surface area contributed by atoms with E-state index in [1.165, 1.54) is 11.0 Å². The van der Waals surface area contributed by atoms with Gasteiger partial charge in [-0.3, -0.25) is 9.59 Å². The number of nitrogens with one attached hydrogen (secondary N) is 2. The fourth-order valence-electron chi connectivity index (χ4n) is 4.79. The lowest BCUT2D eigenvalue weighted by molar-refractivity contribution is -0.136. The van der Waals surface area contributed by atoms with E-state index in [0.29, 0.717) is 18.5 Å². The summed E-state index contributed by atoms with van der Waals surface area (Å²) in [4.78, 5) is 26.4. The molecule has 1 aliphatic carbocycles. The molecule has 0 radical (unpaired) electrons. The molecule has 1 aromatic rings. The number of likely N-dealkylation sites (tertiary alicyclic amines) is 1. The number of carbonyl (C=O) groups is 2. The van der Waals surface area contributed by atoms with Gasteiger partial charge in [0.05, 0.1) is 30.0 Å². The predicted molar refractivity (Wildman–Crippen MR) is 96.2 cm³/mol. The Bertz CT molecular complexity index is 902. The second kappa shape index (κ2) is 7.34. The van der Waals surface area contributed by atoms with E-state index < -0.39 is 53.7 Å². The minimum absolute atomic E-state index is 0.102. The van der Waals surface area contributed by atoms with Crippen LogP contribution in [0, 0.1) is 28.9 Å². The van der Waals surface area contributed by atoms with Crippen molar-refractivity contribution in [2.24, 2.45) is 5.92 Å². The van der Waals surface area contributed by atoms with Crippen molar-refractivity contribution in [2.45, 2.75) is 50.0 Å². The number of nitriles is 1. The average molecular weight is 406 g/mol. The Labute approximate surface area is 166 Å². The van der Waals surface area contributed by atoms with Crippen LogP contribution in [-0.2, 0) is 9.59 Å². The van der Waals surface area contributed by atoms with Crippen LogP contribution >= 0.6 is 0 Å². The van der Waals surface area contributed by atoms with Crippen molar-refractivity contribution in [2.75, 3.05) is 13.1 Å². The van der Waals surface area contributed by atoms with Crippen molar-refractivity contribution < 1.29 is 22.8 Å². The van der Waals surface area contributed by atoms with Crippen LogP contribution in [-0.4, -0.2) is 48.1 Å². The zero-order chi connectivity index (χ0) is 20.9. The fourth-order valence-corrected chi connectivity index (χ4v) is 4.79. The van der Waals surface area contributed by atoms with Crippen LogP contribution in [0.5, 0.6) is 0 Å². The number of benzene rings is 1. The standard InChI is InChI=1S/C20H21F3N4O2/c1-9(19-14(22)4-10(6-24)7-25-19)26-16(28)8-27-15-5-12(20(27)29)11-2-3-13(21)18(23)17(11)15/h2-3,9-10,12,14-15,19,25H,4-5,7-8H2,1H3,(H,26,28)/t9-,10?,12+,14?,15-,19?/m0/s1. The molecule has 2 N–H and O–H groups in total. The van der Waals surface area contributed by atoms with Crippen LogP contribution in [0.4, 0.5) is 13.2 Å². The van der Waals surface area contributed by atoms with Gasteiger partial charge in [0.2, 0.25) is 11.8 Å². The first-order valence-electron chi connectivity index (χ1n) is 9.66. The van der Waals surface area contributed by atoms with Crippen molar-refractivity contribution in [1.82, 2.24) is 15.5 Å². The Kier molecular flexibility index (Phi) is 4.99. The molecule has 3 unspecified atom stereocenters. The van der Waals surface area contributed by atoms with E-state index in [0.717, 1.165) is 6.07 Å². The SMILES string of the molecule is C[C@H](NC(=O)CN1C(=O)[C@@H]2C[C@H]1c1c2ccc(F)c1F)C1NCC(C#N)CC1F. The van der Waals surface area contributed by atoms with Crippen molar-refractivity contribution in [3.8, 4) is 6.07 Å². The molecule has 2 saturated heterocycles. The number of hydrogen-bond acceptors (Lipinski definition) is 4. The lowest BCUT2D eigenvalue weighted by Crippen LogP contribution is -2.58. The summed E-state index contributed by atoms with van der Waals surface area (Å²) in [5.74, 6) is -3.69. The first-order chi connectivity index (χ1) is 13.8. The quantitative estimate of drug-likeness (QED) is 0.797. The molecule has 6 atom stereocenters. The molecule has 29 heavy (non-hydrogen) atoms. The first-order valence-corrected chi connectivity index (χ1v) is 9.66. The van der Waals surface area contributed by atoms with Gasteiger partial charge in [-0.15, -0.1) is 0 Å². The van der Waals surface area contributed by atoms with Crippen LogP contribution in [0.2, 0.25) is 0 Å². The summed E-state index contributed by atoms with van der Waals surface area (Å²) in [7, 11) is 0. The molecule has 9 heteroatoms. The second-order valence-corrected chi connectivity index (χ2v) is 8.00. The van der Waals surface area contributed by atoms with Gasteiger partial charge < -0.3 is 15.5 Å². The molecule has 2 aliphatic heterocycles. The molecule has 0 aromatic heterocycles. The van der Waals surface area contributed by atoms with Gasteiger partial charge in [-0.2, -0.15) is 5.26 Å². The van der Waals surface area contributed by atoms with E-state index in [9.17, 15) is 22.8 Å². The number of alkyl halides is 1. The van der Waals surface area contributed by atoms with Crippen LogP contribution < -0.4 is 10.6 Å². The predicted octanol–water partition coefficient (Wildman–Crippen LogP) is 1.68. The monoisotopic (exact) mass is 406 g/mol. The molecule has 154 valence electrons. The maximum Gasteiger partial charge on any atom is 0.239 e. The molecule has 2 amide bonds. The summed E-state index contributed by atoms with van der Waals surface area (Å²) in [6.45, 7) is 1.69. The van der Waals surface area contributed by atoms with Crippen molar-refractivity contribution >= 4 is 11.8 Å². The van der Waals surface area contributed by atoms with Crippen LogP contribution in [0.3, 0.4) is 0 Å². The minimum atomic E-state index is -1.28. The van der Waals surface area contributed by atoms with Gasteiger partial charge in [-0.1, -0.05) is 6.07 Å². The number of halogens is 3. The van der Waals surface area contributed by atoms with Gasteiger partial charge in [0, 0.05) is 18.2 Å². The smallest absolute Gasteiger partial charge is 0.239 e. The summed E-state index contributed by atoms with van der Waals surface area (Å²) in [5.41, 5.74) is 0.637. The van der Waals surface area contributed by atoms with Gasteiger partial charge in [0.15, 0.2) is 11.6 Å². The number of fused-ring (bicyclic) bond motifs is 5. The summed E-state index contributed by atoms with van der Waals surface area (Å²) in [5, 5.41) is 14.5. The number of amides is 2. The van der Waals surface area contributed by atoms with Crippen LogP contribution in [0.1, 0.15) is 42.9 Å². The van der Waals surface area contributed by atoms with Gasteiger partial charge in [-0.05, 0) is 31.4 Å². The van der Waals surface area contributed by atoms with Crippen molar-refractivity contribution in [3.05, 3.63) is 34.9 Å². The molecule has 3 aliphatic rings. The molecule has 6 nitrogen and oxygen atoms in total. The normalized spacial score (nSPS) is 31.3. The lowest BCUT2D eigenvalue weighted by Gasteiger charge is -2.35. The van der Waals surface area contributed by atoms with E-state index in [1.807, 2.05) is 6.07 Å². The molecular formula is C20H21F3N4O2. The van der Waals surface area contributed by atoms with Gasteiger partial charge >= 0.3 is 0 Å². The van der Waals surface area contributed by atoms with E-state index in [1.54, 1.807) is 6.92 Å². The highest BCUT2D eigenvalue weighted by Crippen LogP contribution is 2.51. The Morgan fingerprint density at radius 3 is 2.86 bits per heavy atom. The van der Waals surface area contributed by atoms with Crippen LogP contribution in [0.25, 0.3) is 0 Å². The van der Waals surface area contributed by atoms with E-state index in [4.69, 9.17) is 5.26 Å². The highest BCUT2D eigenvalue weighted by atomic mass is 19.2. The molecule has 0 spiro atoms. The fraction of sp³-hybridized carbons (Fsp3) is 0.550. The molecule has 2 fully saturated rings. The van der Waals surface area contributed by atoms with Gasteiger partial charge in [-0.25, -0.2) is 13.2 Å². The number of hydrogen-bond donors (Lipinski definition) is 2. The minimum Gasteiger partial charge on any atom is -0.350 e. The highest BCUT2D eigenvalue weighted by molar-refractivity contribution is 5.93. The first kappa shape index (κ1) is 19.7. The maximum absolute atomic E-state index is 14.3. The zero-order valence-corrected chi connectivity index (χ0v) is 15.8. The summed E-state index contributed by atoms with van der Waals surface area (Å²) in [6, 6.07) is 2.61. The zero-order valence-electron chi connectivity index (χ0n) is 15.8. The number of rotatable bonds is 4. The van der Waals surface area contributed by atoms with Crippen LogP contribution in [0.15, 0.2) is 12.1 Å². The number of carbonyl (C=O) groups excluding carboxylic acids is 2. The summed E-state index contributed by atoms with van der Waals surface area (Å²) < 4.78 is 42.2.